The number of aryl methyl sites for hydroxylation is 1. The maximum atomic E-state index is 12.0. The molecular formula is C18H22N2O2S. The molecule has 0 amide bonds. The van der Waals surface area contributed by atoms with Crippen LogP contribution in [-0.4, -0.2) is 23.1 Å². The molecule has 0 aromatic carbocycles. The van der Waals surface area contributed by atoms with Crippen LogP contribution in [0.1, 0.15) is 46.6 Å². The Labute approximate surface area is 140 Å². The number of hydrogen-bond acceptors (Lipinski definition) is 4. The lowest BCUT2D eigenvalue weighted by atomic mass is 9.76. The second kappa shape index (κ2) is 6.06. The van der Waals surface area contributed by atoms with E-state index in [-0.39, 0.29) is 5.41 Å². The molecule has 2 N–H and O–H groups in total. The summed E-state index contributed by atoms with van der Waals surface area (Å²) in [7, 11) is 1.89. The summed E-state index contributed by atoms with van der Waals surface area (Å²) in [5.74, 6) is -0.825. The summed E-state index contributed by atoms with van der Waals surface area (Å²) in [4.78, 5) is 18.3. The number of pyridine rings is 1. The standard InChI is InChI=1S/C18H22N2O2S/c1-18(2)6-4-14-12(8-18)15(17(21)22)16(23-14)13-10-20-7-5-11(13)9-19-3/h5,7,10,19H,4,6,8-9H2,1-3H3,(H,21,22). The van der Waals surface area contributed by atoms with E-state index >= 15 is 0 Å². The number of aromatic carboxylic acids is 1. The van der Waals surface area contributed by atoms with Crippen LogP contribution in [0.25, 0.3) is 10.4 Å². The molecule has 3 rings (SSSR count). The third kappa shape index (κ3) is 3.03. The monoisotopic (exact) mass is 330 g/mol. The molecule has 0 bridgehead atoms. The number of nitrogens with zero attached hydrogens (tertiary/aromatic N) is 1. The minimum absolute atomic E-state index is 0.165. The zero-order chi connectivity index (χ0) is 16.6. The van der Waals surface area contributed by atoms with Crippen molar-refractivity contribution in [2.24, 2.45) is 5.41 Å². The van der Waals surface area contributed by atoms with Gasteiger partial charge in [-0.25, -0.2) is 4.79 Å². The molecule has 1 aliphatic rings. The van der Waals surface area contributed by atoms with Crippen molar-refractivity contribution in [3.05, 3.63) is 40.0 Å². The summed E-state index contributed by atoms with van der Waals surface area (Å²) in [6, 6.07) is 1.96. The first-order valence-corrected chi connectivity index (χ1v) is 8.70. The molecule has 2 aromatic heterocycles. The lowest BCUT2D eigenvalue weighted by Crippen LogP contribution is -2.22. The average molecular weight is 330 g/mol. The molecule has 23 heavy (non-hydrogen) atoms. The van der Waals surface area contributed by atoms with Gasteiger partial charge in [0.1, 0.15) is 0 Å². The fraction of sp³-hybridized carbons (Fsp3) is 0.444. The van der Waals surface area contributed by atoms with Crippen LogP contribution in [-0.2, 0) is 19.4 Å². The van der Waals surface area contributed by atoms with E-state index in [1.165, 1.54) is 4.88 Å². The van der Waals surface area contributed by atoms with E-state index in [9.17, 15) is 9.90 Å². The quantitative estimate of drug-likeness (QED) is 0.896. The number of rotatable bonds is 4. The van der Waals surface area contributed by atoms with E-state index in [2.05, 4.69) is 24.1 Å². The molecule has 4 nitrogen and oxygen atoms in total. The molecule has 0 fully saturated rings. The minimum atomic E-state index is -0.825. The number of carboxylic acid groups (broad SMARTS) is 1. The first kappa shape index (κ1) is 16.1. The highest BCUT2D eigenvalue weighted by Gasteiger charge is 2.33. The lowest BCUT2D eigenvalue weighted by Gasteiger charge is -2.29. The van der Waals surface area contributed by atoms with E-state index in [0.717, 1.165) is 40.8 Å². The van der Waals surface area contributed by atoms with Crippen molar-refractivity contribution >= 4 is 17.3 Å². The van der Waals surface area contributed by atoms with Crippen LogP contribution in [0, 0.1) is 5.41 Å². The van der Waals surface area contributed by atoms with Crippen LogP contribution in [0.3, 0.4) is 0 Å². The van der Waals surface area contributed by atoms with Gasteiger partial charge in [-0.2, -0.15) is 0 Å². The van der Waals surface area contributed by atoms with Gasteiger partial charge in [0.2, 0.25) is 0 Å². The third-order valence-electron chi connectivity index (χ3n) is 4.51. The summed E-state index contributed by atoms with van der Waals surface area (Å²) in [6.07, 6.45) is 6.46. The van der Waals surface area contributed by atoms with Crippen LogP contribution < -0.4 is 5.32 Å². The number of nitrogens with one attached hydrogen (secondary N) is 1. The van der Waals surface area contributed by atoms with Crippen molar-refractivity contribution < 1.29 is 9.90 Å². The number of hydrogen-bond donors (Lipinski definition) is 2. The second-order valence-electron chi connectivity index (χ2n) is 6.92. The van der Waals surface area contributed by atoms with Crippen LogP contribution in [0.2, 0.25) is 0 Å². The van der Waals surface area contributed by atoms with Gasteiger partial charge in [0, 0.05) is 29.4 Å². The zero-order valence-electron chi connectivity index (χ0n) is 13.8. The summed E-state index contributed by atoms with van der Waals surface area (Å²) < 4.78 is 0. The largest absolute Gasteiger partial charge is 0.478 e. The SMILES string of the molecule is CNCc1ccncc1-c1sc2c(c1C(=O)O)CC(C)(C)CC2. The Morgan fingerprint density at radius 2 is 2.26 bits per heavy atom. The van der Waals surface area contributed by atoms with E-state index in [1.807, 2.05) is 13.1 Å². The molecule has 0 spiro atoms. The molecular weight excluding hydrogens is 308 g/mol. The Bertz CT molecular complexity index is 749. The highest BCUT2D eigenvalue weighted by atomic mass is 32.1. The predicted octanol–water partition coefficient (Wildman–Crippen LogP) is 3.74. The Hall–Kier alpha value is -1.72. The van der Waals surface area contributed by atoms with Crippen molar-refractivity contribution in [2.75, 3.05) is 7.05 Å². The maximum Gasteiger partial charge on any atom is 0.337 e. The van der Waals surface area contributed by atoms with Gasteiger partial charge in [-0.05, 0) is 48.9 Å². The van der Waals surface area contributed by atoms with Crippen LogP contribution in [0.4, 0.5) is 0 Å². The molecule has 122 valence electrons. The van der Waals surface area contributed by atoms with Crippen molar-refractivity contribution in [3.63, 3.8) is 0 Å². The fourth-order valence-corrected chi connectivity index (χ4v) is 4.66. The molecule has 2 aromatic rings. The van der Waals surface area contributed by atoms with Crippen LogP contribution in [0.15, 0.2) is 18.5 Å². The smallest absolute Gasteiger partial charge is 0.337 e. The normalized spacial score (nSPS) is 16.1. The number of fused-ring (bicyclic) bond motifs is 1. The van der Waals surface area contributed by atoms with E-state index in [4.69, 9.17) is 0 Å². The van der Waals surface area contributed by atoms with Gasteiger partial charge in [0.05, 0.1) is 10.4 Å². The van der Waals surface area contributed by atoms with Gasteiger partial charge in [0.25, 0.3) is 0 Å². The molecule has 0 atom stereocenters. The topological polar surface area (TPSA) is 62.2 Å². The summed E-state index contributed by atoms with van der Waals surface area (Å²) in [5, 5.41) is 13.0. The van der Waals surface area contributed by atoms with Gasteiger partial charge in [-0.1, -0.05) is 13.8 Å². The van der Waals surface area contributed by atoms with Gasteiger partial charge < -0.3 is 10.4 Å². The summed E-state index contributed by atoms with van der Waals surface area (Å²) >= 11 is 1.64. The van der Waals surface area contributed by atoms with Crippen molar-refractivity contribution in [1.29, 1.82) is 0 Å². The highest BCUT2D eigenvalue weighted by molar-refractivity contribution is 7.16. The van der Waals surface area contributed by atoms with Gasteiger partial charge >= 0.3 is 5.97 Å². The maximum absolute atomic E-state index is 12.0. The molecule has 0 radical (unpaired) electrons. The van der Waals surface area contributed by atoms with Gasteiger partial charge in [-0.3, -0.25) is 4.98 Å². The van der Waals surface area contributed by atoms with Gasteiger partial charge in [-0.15, -0.1) is 11.3 Å². The van der Waals surface area contributed by atoms with Crippen molar-refractivity contribution in [1.82, 2.24) is 10.3 Å². The molecule has 2 heterocycles. The summed E-state index contributed by atoms with van der Waals surface area (Å²) in [5.41, 5.74) is 3.72. The number of thiophene rings is 1. The summed E-state index contributed by atoms with van der Waals surface area (Å²) in [6.45, 7) is 5.13. The van der Waals surface area contributed by atoms with Crippen molar-refractivity contribution in [3.8, 4) is 10.4 Å². The Balaban J connectivity index is 2.18. The highest BCUT2D eigenvalue weighted by Crippen LogP contribution is 2.45. The Morgan fingerprint density at radius 1 is 1.48 bits per heavy atom. The van der Waals surface area contributed by atoms with Crippen LogP contribution >= 0.6 is 11.3 Å². The third-order valence-corrected chi connectivity index (χ3v) is 5.84. The fourth-order valence-electron chi connectivity index (χ4n) is 3.31. The Kier molecular flexibility index (Phi) is 4.25. The average Bonchev–Trinajstić information content (AvgIpc) is 2.85. The van der Waals surface area contributed by atoms with Crippen LogP contribution in [0.5, 0.6) is 0 Å². The lowest BCUT2D eigenvalue weighted by molar-refractivity contribution is 0.0696. The van der Waals surface area contributed by atoms with Crippen molar-refractivity contribution in [2.45, 2.75) is 39.7 Å². The molecule has 0 saturated carbocycles. The minimum Gasteiger partial charge on any atom is -0.478 e. The van der Waals surface area contributed by atoms with E-state index in [1.54, 1.807) is 23.7 Å². The van der Waals surface area contributed by atoms with E-state index in [0.29, 0.717) is 12.1 Å². The number of carboxylic acids is 1. The molecule has 0 saturated heterocycles. The predicted molar refractivity (Wildman–Crippen MR) is 93.1 cm³/mol. The zero-order valence-corrected chi connectivity index (χ0v) is 14.6. The first-order chi connectivity index (χ1) is 10.9. The van der Waals surface area contributed by atoms with E-state index < -0.39 is 5.97 Å². The molecule has 1 aliphatic carbocycles. The first-order valence-electron chi connectivity index (χ1n) is 7.88. The number of aromatic nitrogens is 1. The Morgan fingerprint density at radius 3 is 2.96 bits per heavy atom. The van der Waals surface area contributed by atoms with Gasteiger partial charge in [0.15, 0.2) is 0 Å². The molecule has 5 heteroatoms. The number of carbonyl (C=O) groups is 1. The molecule has 0 aliphatic heterocycles. The molecule has 0 unspecified atom stereocenters. The second-order valence-corrected chi connectivity index (χ2v) is 8.02.